The van der Waals surface area contributed by atoms with E-state index in [0.717, 1.165) is 8.58 Å². The Bertz CT molecular complexity index is 474. The highest BCUT2D eigenvalue weighted by atomic mass is 31.1. The molecule has 2 aromatic rings. The molecule has 0 saturated carbocycles. The normalized spacial score (nSPS) is 11.2. The minimum absolute atomic E-state index is 0.925. The Kier molecular flexibility index (Phi) is 4.34. The Balaban J connectivity index is 1.93. The highest BCUT2D eigenvalue weighted by molar-refractivity contribution is 7.47. The van der Waals surface area contributed by atoms with Gasteiger partial charge < -0.3 is 0 Å². The molecule has 0 aliphatic rings. The van der Waals surface area contributed by atoms with E-state index in [1.54, 1.807) is 0 Å². The summed E-state index contributed by atoms with van der Waals surface area (Å²) in [5.74, 6) is 0. The van der Waals surface area contributed by atoms with Gasteiger partial charge in [-0.1, -0.05) is 57.1 Å². The van der Waals surface area contributed by atoms with Crippen LogP contribution in [-0.4, -0.2) is 6.16 Å². The Hall–Kier alpha value is -1.13. The molecule has 0 fully saturated rings. The third-order valence-electron chi connectivity index (χ3n) is 3.18. The first kappa shape index (κ1) is 12.3. The van der Waals surface area contributed by atoms with Crippen LogP contribution >= 0.6 is 8.58 Å². The van der Waals surface area contributed by atoms with E-state index in [0.29, 0.717) is 0 Å². The smallest absolute Gasteiger partial charge is 0.0239 e. The lowest BCUT2D eigenvalue weighted by molar-refractivity contribution is 1.15. The van der Waals surface area contributed by atoms with Gasteiger partial charge in [0.15, 0.2) is 0 Å². The van der Waals surface area contributed by atoms with Gasteiger partial charge in [0.2, 0.25) is 0 Å². The molecule has 0 radical (unpaired) electrons. The molecule has 2 rings (SSSR count). The third-order valence-corrected chi connectivity index (χ3v) is 4.60. The van der Waals surface area contributed by atoms with Crippen LogP contribution in [0.25, 0.3) is 0 Å². The molecule has 1 heteroatoms. The second kappa shape index (κ2) is 5.98. The summed E-state index contributed by atoms with van der Waals surface area (Å²) in [6.45, 7) is 4.43. The summed E-state index contributed by atoms with van der Waals surface area (Å²) in [6.07, 6.45) is 2.45. The van der Waals surface area contributed by atoms with Gasteiger partial charge in [0, 0.05) is 0 Å². The van der Waals surface area contributed by atoms with Crippen LogP contribution in [0.2, 0.25) is 0 Å². The molecule has 1 atom stereocenters. The largest absolute Gasteiger partial charge is 0.0898 e. The van der Waals surface area contributed by atoms with Crippen LogP contribution in [0.15, 0.2) is 48.5 Å². The van der Waals surface area contributed by atoms with Gasteiger partial charge in [0.25, 0.3) is 0 Å². The maximum Gasteiger partial charge on any atom is -0.0239 e. The van der Waals surface area contributed by atoms with Gasteiger partial charge in [-0.2, -0.15) is 0 Å². The van der Waals surface area contributed by atoms with Crippen LogP contribution in [0.4, 0.5) is 0 Å². The fourth-order valence-corrected chi connectivity index (χ4v) is 3.29. The van der Waals surface area contributed by atoms with Crippen molar-refractivity contribution in [3.63, 3.8) is 0 Å². The summed E-state index contributed by atoms with van der Waals surface area (Å²) in [4.78, 5) is 0. The predicted octanol–water partition coefficient (Wildman–Crippen LogP) is 3.85. The van der Waals surface area contributed by atoms with E-state index < -0.39 is 0 Å². The fourth-order valence-electron chi connectivity index (χ4n) is 1.93. The van der Waals surface area contributed by atoms with E-state index in [1.165, 1.54) is 34.6 Å². The molecular formula is C16H19P. The molecule has 0 bridgehead atoms. The maximum atomic E-state index is 2.27. The predicted molar refractivity (Wildman–Crippen MR) is 78.9 cm³/mol. The number of benzene rings is 2. The van der Waals surface area contributed by atoms with E-state index in [-0.39, 0.29) is 0 Å². The van der Waals surface area contributed by atoms with E-state index in [4.69, 9.17) is 0 Å². The topological polar surface area (TPSA) is 0 Å². The Labute approximate surface area is 106 Å². The minimum Gasteiger partial charge on any atom is -0.0898 e. The Morgan fingerprint density at radius 2 is 1.65 bits per heavy atom. The highest BCUT2D eigenvalue weighted by Gasteiger charge is 2.00. The molecule has 0 saturated heterocycles. The first-order chi connectivity index (χ1) is 8.27. The van der Waals surface area contributed by atoms with Crippen molar-refractivity contribution in [1.29, 1.82) is 0 Å². The van der Waals surface area contributed by atoms with Gasteiger partial charge in [0.05, 0.1) is 0 Å². The zero-order valence-electron chi connectivity index (χ0n) is 10.5. The van der Waals surface area contributed by atoms with Gasteiger partial charge in [-0.05, 0) is 48.4 Å². The summed E-state index contributed by atoms with van der Waals surface area (Å²) in [7, 11) is 0.925. The summed E-state index contributed by atoms with van der Waals surface area (Å²) >= 11 is 0. The zero-order valence-corrected chi connectivity index (χ0v) is 11.5. The lowest BCUT2D eigenvalue weighted by Crippen LogP contribution is -2.03. The van der Waals surface area contributed by atoms with Crippen molar-refractivity contribution >= 4 is 13.9 Å². The van der Waals surface area contributed by atoms with Crippen LogP contribution in [0, 0.1) is 13.8 Å². The van der Waals surface area contributed by atoms with Gasteiger partial charge in [-0.25, -0.2) is 0 Å². The fraction of sp³-hybridized carbons (Fsp3) is 0.250. The van der Waals surface area contributed by atoms with Crippen LogP contribution < -0.4 is 5.30 Å². The average Bonchev–Trinajstić information content (AvgIpc) is 2.36. The van der Waals surface area contributed by atoms with Gasteiger partial charge in [0.1, 0.15) is 0 Å². The summed E-state index contributed by atoms with van der Waals surface area (Å²) < 4.78 is 0. The number of hydrogen-bond donors (Lipinski definition) is 0. The van der Waals surface area contributed by atoms with Gasteiger partial charge in [-0.15, -0.1) is 0 Å². The maximum absolute atomic E-state index is 2.27. The molecule has 0 nitrogen and oxygen atoms in total. The monoisotopic (exact) mass is 242 g/mol. The first-order valence-corrected chi connectivity index (χ1v) is 7.32. The van der Waals surface area contributed by atoms with Crippen molar-refractivity contribution in [3.8, 4) is 0 Å². The number of hydrogen-bond acceptors (Lipinski definition) is 0. The quantitative estimate of drug-likeness (QED) is 0.714. The molecule has 1 unspecified atom stereocenters. The standard InChI is InChI=1S/C16H19P/c1-13-7-6-10-16(14(13)2)17-12-11-15-8-4-3-5-9-15/h3-10,17H,11-12H2,1-2H3. The molecule has 88 valence electrons. The average molecular weight is 242 g/mol. The minimum atomic E-state index is 0.925. The lowest BCUT2D eigenvalue weighted by atomic mass is 10.1. The number of aryl methyl sites for hydroxylation is 2. The van der Waals surface area contributed by atoms with E-state index in [9.17, 15) is 0 Å². The van der Waals surface area contributed by atoms with Gasteiger partial charge in [-0.3, -0.25) is 0 Å². The molecule has 0 aliphatic carbocycles. The third kappa shape index (κ3) is 3.41. The molecule has 0 aromatic heterocycles. The number of rotatable bonds is 4. The Morgan fingerprint density at radius 3 is 2.41 bits per heavy atom. The van der Waals surface area contributed by atoms with Crippen LogP contribution in [0.3, 0.4) is 0 Å². The Morgan fingerprint density at radius 1 is 0.882 bits per heavy atom. The second-order valence-corrected chi connectivity index (χ2v) is 5.80. The SMILES string of the molecule is Cc1cccc(PCCc2ccccc2)c1C. The molecule has 17 heavy (non-hydrogen) atoms. The molecule has 0 aliphatic heterocycles. The van der Waals surface area contributed by atoms with Crippen LogP contribution in [-0.2, 0) is 6.42 Å². The van der Waals surface area contributed by atoms with Gasteiger partial charge >= 0.3 is 0 Å². The van der Waals surface area contributed by atoms with Crippen molar-refractivity contribution in [1.82, 2.24) is 0 Å². The summed E-state index contributed by atoms with van der Waals surface area (Å²) in [6, 6.07) is 17.4. The molecule has 0 N–H and O–H groups in total. The molecular weight excluding hydrogens is 223 g/mol. The van der Waals surface area contributed by atoms with E-state index in [1.807, 2.05) is 0 Å². The lowest BCUT2D eigenvalue weighted by Gasteiger charge is -2.08. The van der Waals surface area contributed by atoms with Crippen molar-refractivity contribution in [2.45, 2.75) is 20.3 Å². The van der Waals surface area contributed by atoms with Crippen LogP contribution in [0.5, 0.6) is 0 Å². The van der Waals surface area contributed by atoms with E-state index >= 15 is 0 Å². The highest BCUT2D eigenvalue weighted by Crippen LogP contribution is 2.17. The molecule has 0 heterocycles. The van der Waals surface area contributed by atoms with Crippen molar-refractivity contribution in [2.24, 2.45) is 0 Å². The molecule has 0 amide bonds. The summed E-state index contributed by atoms with van der Waals surface area (Å²) in [5, 5.41) is 1.53. The second-order valence-electron chi connectivity index (χ2n) is 4.41. The first-order valence-electron chi connectivity index (χ1n) is 6.11. The summed E-state index contributed by atoms with van der Waals surface area (Å²) in [5.41, 5.74) is 4.33. The van der Waals surface area contributed by atoms with E-state index in [2.05, 4.69) is 62.4 Å². The molecule has 2 aromatic carbocycles. The zero-order chi connectivity index (χ0) is 12.1. The molecule has 0 spiro atoms. The van der Waals surface area contributed by atoms with Crippen molar-refractivity contribution in [2.75, 3.05) is 6.16 Å². The van der Waals surface area contributed by atoms with Crippen LogP contribution in [0.1, 0.15) is 16.7 Å². The van der Waals surface area contributed by atoms with Crippen molar-refractivity contribution in [3.05, 3.63) is 65.2 Å². The van der Waals surface area contributed by atoms with Crippen molar-refractivity contribution < 1.29 is 0 Å².